The first-order chi connectivity index (χ1) is 15.4. The van der Waals surface area contributed by atoms with Gasteiger partial charge in [-0.05, 0) is 44.0 Å². The molecule has 0 spiro atoms. The maximum absolute atomic E-state index is 9.53. The predicted octanol–water partition coefficient (Wildman–Crippen LogP) is 3.44. The van der Waals surface area contributed by atoms with Crippen molar-refractivity contribution < 1.29 is 10.6 Å². The first-order valence-electron chi connectivity index (χ1n) is 11.5. The van der Waals surface area contributed by atoms with Crippen LogP contribution in [0.4, 0.5) is 5.13 Å². The van der Waals surface area contributed by atoms with E-state index in [-0.39, 0.29) is 55.1 Å². The van der Waals surface area contributed by atoms with Crippen LogP contribution in [0.1, 0.15) is 38.2 Å². The van der Waals surface area contributed by atoms with Gasteiger partial charge in [-0.15, -0.1) is 67.1 Å². The van der Waals surface area contributed by atoms with E-state index in [9.17, 15) is 5.11 Å². The van der Waals surface area contributed by atoms with E-state index in [0.717, 1.165) is 55.5 Å². The molecule has 1 aliphatic rings. The van der Waals surface area contributed by atoms with Gasteiger partial charge in [0.25, 0.3) is 0 Å². The van der Waals surface area contributed by atoms with Gasteiger partial charge in [0, 0.05) is 39.0 Å². The van der Waals surface area contributed by atoms with E-state index in [1.165, 1.54) is 24.2 Å². The molecule has 4 rings (SSSR count). The summed E-state index contributed by atoms with van der Waals surface area (Å²) in [6.07, 6.45) is 3.07. The minimum absolute atomic E-state index is 0. The van der Waals surface area contributed by atoms with Crippen LogP contribution in [0.2, 0.25) is 0 Å². The van der Waals surface area contributed by atoms with Gasteiger partial charge in [0.05, 0.1) is 23.3 Å². The number of imidazole rings is 1. The molecule has 0 atom stereocenters. The van der Waals surface area contributed by atoms with Gasteiger partial charge in [-0.1, -0.05) is 26.0 Å². The lowest BCUT2D eigenvalue weighted by molar-refractivity contribution is -0.407. The Labute approximate surface area is 250 Å². The number of rotatable bonds is 7. The van der Waals surface area contributed by atoms with Crippen molar-refractivity contribution in [2.45, 2.75) is 45.8 Å². The van der Waals surface area contributed by atoms with Crippen LogP contribution < -0.4 is 15.7 Å². The topological polar surface area (TPSA) is 118 Å². The minimum Gasteiger partial charge on any atom is -0.852 e. The Morgan fingerprint density at radius 3 is 2.22 bits per heavy atom. The molecule has 1 fully saturated rings. The van der Waals surface area contributed by atoms with E-state index in [1.54, 1.807) is 25.2 Å². The SMILES string of the molecule is CC(C)[O-].CN(C)c1nc(Cn2c(CC3CCN(CCN)CC3)nc3ccccc32)cs1.Cl.Cl.Cl.Cl.O. The van der Waals surface area contributed by atoms with Crippen LogP contribution in [0.3, 0.4) is 0 Å². The van der Waals surface area contributed by atoms with E-state index in [1.807, 2.05) is 14.1 Å². The number of halogens is 4. The van der Waals surface area contributed by atoms with Gasteiger partial charge in [0.1, 0.15) is 5.82 Å². The number of anilines is 1. The lowest BCUT2D eigenvalue weighted by Gasteiger charge is -2.31. The van der Waals surface area contributed by atoms with Crippen molar-refractivity contribution in [3.05, 3.63) is 41.2 Å². The van der Waals surface area contributed by atoms with Crippen LogP contribution in [0.25, 0.3) is 11.0 Å². The molecule has 2 aromatic heterocycles. The smallest absolute Gasteiger partial charge is 0.185 e. The highest BCUT2D eigenvalue weighted by atomic mass is 35.5. The zero-order chi connectivity index (χ0) is 23.1. The van der Waals surface area contributed by atoms with Gasteiger partial charge in [0.2, 0.25) is 0 Å². The van der Waals surface area contributed by atoms with Crippen LogP contribution >= 0.6 is 61.0 Å². The Bertz CT molecular complexity index is 978. The number of nitrogens with zero attached hydrogens (tertiary/aromatic N) is 5. The van der Waals surface area contributed by atoms with Crippen LogP contribution in [-0.4, -0.2) is 71.3 Å². The third-order valence-corrected chi connectivity index (χ3v) is 6.66. The fourth-order valence-electron chi connectivity index (χ4n) is 4.05. The first-order valence-corrected chi connectivity index (χ1v) is 12.4. The highest BCUT2D eigenvalue weighted by molar-refractivity contribution is 7.13. The number of piperidine rings is 1. The van der Waals surface area contributed by atoms with Gasteiger partial charge in [-0.25, -0.2) is 9.97 Å². The summed E-state index contributed by atoms with van der Waals surface area (Å²) < 4.78 is 2.37. The van der Waals surface area contributed by atoms with Crippen molar-refractivity contribution in [3.63, 3.8) is 0 Å². The fourth-order valence-corrected chi connectivity index (χ4v) is 4.80. The molecular formula is C24H43Cl4N6O2S-. The number of fused-ring (bicyclic) bond motifs is 1. The van der Waals surface area contributed by atoms with Gasteiger partial charge < -0.3 is 30.7 Å². The maximum Gasteiger partial charge on any atom is 0.185 e. The summed E-state index contributed by atoms with van der Waals surface area (Å²) in [6.45, 7) is 8.08. The molecule has 4 N–H and O–H groups in total. The third-order valence-electron chi connectivity index (χ3n) is 5.60. The van der Waals surface area contributed by atoms with Crippen molar-refractivity contribution >= 4 is 77.1 Å². The van der Waals surface area contributed by atoms with Gasteiger partial charge in [-0.3, -0.25) is 0 Å². The van der Waals surface area contributed by atoms with Crippen LogP contribution in [0.5, 0.6) is 0 Å². The molecule has 0 bridgehead atoms. The third kappa shape index (κ3) is 12.2. The molecule has 3 heterocycles. The summed E-state index contributed by atoms with van der Waals surface area (Å²) in [5, 5.41) is 12.7. The normalized spacial score (nSPS) is 13.2. The molecule has 0 radical (unpaired) electrons. The van der Waals surface area contributed by atoms with Gasteiger partial charge in [0.15, 0.2) is 5.13 Å². The zero-order valence-corrected chi connectivity index (χ0v) is 26.0. The van der Waals surface area contributed by atoms with E-state index in [4.69, 9.17) is 15.7 Å². The second-order valence-corrected chi connectivity index (χ2v) is 9.78. The lowest BCUT2D eigenvalue weighted by Crippen LogP contribution is -2.37. The molecule has 8 nitrogen and oxygen atoms in total. The number of para-hydroxylation sites is 2. The van der Waals surface area contributed by atoms with Crippen LogP contribution in [-0.2, 0) is 13.0 Å². The van der Waals surface area contributed by atoms with Gasteiger partial charge in [-0.2, -0.15) is 0 Å². The summed E-state index contributed by atoms with van der Waals surface area (Å²) in [4.78, 5) is 14.3. The lowest BCUT2D eigenvalue weighted by atomic mass is 9.93. The van der Waals surface area contributed by atoms with E-state index < -0.39 is 6.10 Å². The quantitative estimate of drug-likeness (QED) is 0.432. The number of nitrogens with two attached hydrogens (primary N) is 1. The van der Waals surface area contributed by atoms with Crippen molar-refractivity contribution in [2.24, 2.45) is 11.7 Å². The number of thiazole rings is 1. The molecule has 13 heteroatoms. The number of likely N-dealkylation sites (tertiary alicyclic amines) is 1. The highest BCUT2D eigenvalue weighted by Gasteiger charge is 2.22. The van der Waals surface area contributed by atoms with Crippen LogP contribution in [0.15, 0.2) is 29.6 Å². The summed E-state index contributed by atoms with van der Waals surface area (Å²) in [5.41, 5.74) is 9.11. The second-order valence-electron chi connectivity index (χ2n) is 8.95. The zero-order valence-electron chi connectivity index (χ0n) is 22.0. The molecule has 3 aromatic rings. The minimum atomic E-state index is -0.417. The predicted molar refractivity (Wildman–Crippen MR) is 165 cm³/mol. The number of aromatic nitrogens is 3. The molecule has 0 saturated carbocycles. The Balaban J connectivity index is -0.00000120. The van der Waals surface area contributed by atoms with Crippen LogP contribution in [0, 0.1) is 5.92 Å². The Hall–Kier alpha value is -0.880. The van der Waals surface area contributed by atoms with Crippen molar-refractivity contribution in [1.82, 2.24) is 19.4 Å². The summed E-state index contributed by atoms with van der Waals surface area (Å²) in [5.74, 6) is 1.88. The fraction of sp³-hybridized carbons (Fsp3) is 0.583. The Kier molecular flexibility index (Phi) is 22.0. The highest BCUT2D eigenvalue weighted by Crippen LogP contribution is 2.26. The second kappa shape index (κ2) is 20.1. The molecule has 0 aliphatic carbocycles. The Morgan fingerprint density at radius 2 is 1.68 bits per heavy atom. The van der Waals surface area contributed by atoms with E-state index in [0.29, 0.717) is 5.92 Å². The average molecular weight is 622 g/mol. The Morgan fingerprint density at radius 1 is 1.08 bits per heavy atom. The maximum atomic E-state index is 9.53. The largest absolute Gasteiger partial charge is 0.852 e. The molecule has 216 valence electrons. The molecule has 1 aliphatic heterocycles. The number of hydrogen-bond acceptors (Lipinski definition) is 7. The summed E-state index contributed by atoms with van der Waals surface area (Å²) >= 11 is 1.70. The van der Waals surface area contributed by atoms with Crippen molar-refractivity contribution in [1.29, 1.82) is 0 Å². The monoisotopic (exact) mass is 619 g/mol. The molecule has 1 aromatic carbocycles. The summed E-state index contributed by atoms with van der Waals surface area (Å²) in [6, 6.07) is 8.46. The molecular weight excluding hydrogens is 578 g/mol. The van der Waals surface area contributed by atoms with E-state index in [2.05, 4.69) is 44.0 Å². The average Bonchev–Trinajstić information content (AvgIpc) is 3.35. The molecule has 37 heavy (non-hydrogen) atoms. The van der Waals surface area contributed by atoms with Crippen molar-refractivity contribution in [3.8, 4) is 0 Å². The standard InChI is InChI=1S/C21H30N6S.C3H7O.4ClH.H2O/c1-25(2)21-23-17(15-28-21)14-27-19-6-4-3-5-18(19)24-20(27)13-16-7-10-26(11-8-16)12-9-22;1-3(2)4;;;;;/h3-6,15-16H,7-14,22H2,1-2H3;3H,1-2H3;4*1H;1H2/q;-1;;;;;. The molecule has 0 amide bonds. The first kappa shape index (κ1) is 40.6. The van der Waals surface area contributed by atoms with E-state index >= 15 is 0 Å². The molecule has 1 saturated heterocycles. The molecule has 0 unspecified atom stereocenters. The van der Waals surface area contributed by atoms with Crippen molar-refractivity contribution in [2.75, 3.05) is 45.2 Å². The number of benzene rings is 1. The summed E-state index contributed by atoms with van der Waals surface area (Å²) in [7, 11) is 4.08. The number of hydrogen-bond donors (Lipinski definition) is 1. The van der Waals surface area contributed by atoms with Gasteiger partial charge >= 0.3 is 0 Å².